The van der Waals surface area contributed by atoms with Crippen LogP contribution >= 0.6 is 0 Å². The zero-order valence-corrected chi connectivity index (χ0v) is 11.0. The van der Waals surface area contributed by atoms with Crippen LogP contribution in [0.2, 0.25) is 0 Å². The van der Waals surface area contributed by atoms with Gasteiger partial charge in [0.25, 0.3) is 0 Å². The fourth-order valence-corrected chi connectivity index (χ4v) is 2.34. The van der Waals surface area contributed by atoms with Crippen molar-refractivity contribution in [1.29, 1.82) is 0 Å². The maximum Gasteiger partial charge on any atom is 0.406 e. The first-order valence-electron chi connectivity index (χ1n) is 6.30. The van der Waals surface area contributed by atoms with E-state index < -0.39 is 18.6 Å². The molecule has 0 aliphatic heterocycles. The second-order valence-electron chi connectivity index (χ2n) is 5.07. The van der Waals surface area contributed by atoms with Gasteiger partial charge in [-0.1, -0.05) is 19.3 Å². The van der Waals surface area contributed by atoms with Crippen LogP contribution in [0.15, 0.2) is 0 Å². The molecule has 0 radical (unpaired) electrons. The van der Waals surface area contributed by atoms with Gasteiger partial charge in [-0.15, -0.1) is 0 Å². The van der Waals surface area contributed by atoms with Crippen LogP contribution in [0.5, 0.6) is 0 Å². The zero-order valence-electron chi connectivity index (χ0n) is 11.0. The summed E-state index contributed by atoms with van der Waals surface area (Å²) in [5.74, 6) is -0.472. The summed E-state index contributed by atoms with van der Waals surface area (Å²) in [6.07, 6.45) is 1.24. The van der Waals surface area contributed by atoms with Crippen molar-refractivity contribution in [1.82, 2.24) is 9.80 Å². The van der Waals surface area contributed by atoms with Crippen LogP contribution in [0.1, 0.15) is 32.1 Å². The van der Waals surface area contributed by atoms with Gasteiger partial charge < -0.3 is 4.90 Å². The molecule has 0 heterocycles. The van der Waals surface area contributed by atoms with Crippen molar-refractivity contribution in [2.75, 3.05) is 27.2 Å². The molecule has 1 amide bonds. The summed E-state index contributed by atoms with van der Waals surface area (Å²) in [7, 11) is 3.01. The molecule has 0 aromatic carbocycles. The van der Waals surface area contributed by atoms with E-state index in [-0.39, 0.29) is 6.54 Å². The molecular formula is C12H21F3N2O. The fourth-order valence-electron chi connectivity index (χ4n) is 2.34. The highest BCUT2D eigenvalue weighted by Gasteiger charge is 2.31. The van der Waals surface area contributed by atoms with Crippen LogP contribution in [-0.2, 0) is 4.79 Å². The minimum atomic E-state index is -4.33. The van der Waals surface area contributed by atoms with E-state index in [2.05, 4.69) is 0 Å². The minimum absolute atomic E-state index is 0.0667. The second kappa shape index (κ2) is 6.41. The normalized spacial score (nSPS) is 18.1. The highest BCUT2D eigenvalue weighted by Crippen LogP contribution is 2.21. The second-order valence-corrected chi connectivity index (χ2v) is 5.07. The van der Waals surface area contributed by atoms with E-state index in [9.17, 15) is 18.0 Å². The highest BCUT2D eigenvalue weighted by molar-refractivity contribution is 5.78. The van der Waals surface area contributed by atoms with Crippen LogP contribution in [0, 0.1) is 0 Å². The van der Waals surface area contributed by atoms with Crippen molar-refractivity contribution < 1.29 is 18.0 Å². The minimum Gasteiger partial charge on any atom is -0.336 e. The molecule has 0 N–H and O–H groups in total. The van der Waals surface area contributed by atoms with Crippen molar-refractivity contribution >= 4 is 5.91 Å². The number of rotatable bonds is 4. The lowest BCUT2D eigenvalue weighted by Gasteiger charge is -2.31. The molecule has 0 unspecified atom stereocenters. The Labute approximate surface area is 106 Å². The molecular weight excluding hydrogens is 245 g/mol. The summed E-state index contributed by atoms with van der Waals surface area (Å²) in [6, 6.07) is 0.335. The van der Waals surface area contributed by atoms with Crippen LogP contribution in [0.3, 0.4) is 0 Å². The van der Waals surface area contributed by atoms with Crippen molar-refractivity contribution in [3.05, 3.63) is 0 Å². The smallest absolute Gasteiger partial charge is 0.336 e. The SMILES string of the molecule is CN(CC(F)(F)F)C(=O)CN(C)C1CCCCC1. The van der Waals surface area contributed by atoms with E-state index in [1.807, 2.05) is 11.9 Å². The standard InChI is InChI=1S/C12H21F3N2O/c1-16(10-6-4-3-5-7-10)8-11(18)17(2)9-12(13,14)15/h10H,3-9H2,1-2H3. The zero-order chi connectivity index (χ0) is 13.8. The van der Waals surface area contributed by atoms with E-state index in [4.69, 9.17) is 0 Å². The lowest BCUT2D eigenvalue weighted by molar-refractivity contribution is -0.159. The Morgan fingerprint density at radius 2 is 1.72 bits per heavy atom. The van der Waals surface area contributed by atoms with Crippen molar-refractivity contribution in [3.8, 4) is 0 Å². The third-order valence-electron chi connectivity index (χ3n) is 3.42. The largest absolute Gasteiger partial charge is 0.406 e. The van der Waals surface area contributed by atoms with Gasteiger partial charge in [-0.3, -0.25) is 9.69 Å². The topological polar surface area (TPSA) is 23.6 Å². The number of alkyl halides is 3. The Bertz CT molecular complexity index is 275. The quantitative estimate of drug-likeness (QED) is 0.779. The predicted molar refractivity (Wildman–Crippen MR) is 63.2 cm³/mol. The van der Waals surface area contributed by atoms with Gasteiger partial charge in [-0.25, -0.2) is 0 Å². The number of likely N-dealkylation sites (N-methyl/N-ethyl adjacent to an activating group) is 2. The molecule has 0 spiro atoms. The highest BCUT2D eigenvalue weighted by atomic mass is 19.4. The van der Waals surface area contributed by atoms with E-state index >= 15 is 0 Å². The number of hydrogen-bond donors (Lipinski definition) is 0. The first-order valence-corrected chi connectivity index (χ1v) is 6.30. The summed E-state index contributed by atoms with van der Waals surface area (Å²) < 4.78 is 36.5. The maximum atomic E-state index is 12.2. The van der Waals surface area contributed by atoms with Gasteiger partial charge in [0, 0.05) is 13.1 Å². The van der Waals surface area contributed by atoms with Gasteiger partial charge >= 0.3 is 6.18 Å². The summed E-state index contributed by atoms with van der Waals surface area (Å²) >= 11 is 0. The molecule has 106 valence electrons. The van der Waals surface area contributed by atoms with Gasteiger partial charge in [-0.05, 0) is 19.9 Å². The Hall–Kier alpha value is -0.780. The monoisotopic (exact) mass is 266 g/mol. The van der Waals surface area contributed by atoms with Gasteiger partial charge in [0.05, 0.1) is 6.54 Å². The molecule has 0 aromatic heterocycles. The number of amides is 1. The molecule has 1 fully saturated rings. The first-order chi connectivity index (χ1) is 8.29. The molecule has 1 saturated carbocycles. The van der Waals surface area contributed by atoms with E-state index in [0.29, 0.717) is 6.04 Å². The summed E-state index contributed by atoms with van der Waals surface area (Å²) in [4.78, 5) is 14.3. The number of nitrogens with zero attached hydrogens (tertiary/aromatic N) is 2. The third kappa shape index (κ3) is 5.25. The van der Waals surface area contributed by atoms with Crippen LogP contribution in [0.25, 0.3) is 0 Å². The number of hydrogen-bond acceptors (Lipinski definition) is 2. The van der Waals surface area contributed by atoms with E-state index in [0.717, 1.165) is 30.6 Å². The average molecular weight is 266 g/mol. The first kappa shape index (κ1) is 15.3. The molecule has 18 heavy (non-hydrogen) atoms. The molecule has 3 nitrogen and oxygen atoms in total. The van der Waals surface area contributed by atoms with Crippen molar-refractivity contribution in [2.45, 2.75) is 44.3 Å². The molecule has 1 aliphatic carbocycles. The van der Waals surface area contributed by atoms with Gasteiger partial charge in [0.15, 0.2) is 0 Å². The third-order valence-corrected chi connectivity index (χ3v) is 3.42. The Morgan fingerprint density at radius 1 is 1.17 bits per heavy atom. The molecule has 0 saturated heterocycles. The van der Waals surface area contributed by atoms with E-state index in [1.54, 1.807) is 0 Å². The molecule has 1 rings (SSSR count). The molecule has 0 atom stereocenters. The summed E-state index contributed by atoms with van der Waals surface area (Å²) in [5.41, 5.74) is 0. The van der Waals surface area contributed by atoms with Gasteiger partial charge in [-0.2, -0.15) is 13.2 Å². The Balaban J connectivity index is 2.38. The van der Waals surface area contributed by atoms with Gasteiger partial charge in [0.1, 0.15) is 6.54 Å². The molecule has 1 aliphatic rings. The average Bonchev–Trinajstić information content (AvgIpc) is 2.27. The Morgan fingerprint density at radius 3 is 2.22 bits per heavy atom. The number of halogens is 3. The summed E-state index contributed by atoms with van der Waals surface area (Å²) in [5, 5.41) is 0. The van der Waals surface area contributed by atoms with Crippen LogP contribution in [-0.4, -0.2) is 55.1 Å². The lowest BCUT2D eigenvalue weighted by atomic mass is 9.94. The maximum absolute atomic E-state index is 12.2. The molecule has 6 heteroatoms. The van der Waals surface area contributed by atoms with Crippen LogP contribution in [0.4, 0.5) is 13.2 Å². The fraction of sp³-hybridized carbons (Fsp3) is 0.917. The van der Waals surface area contributed by atoms with Crippen LogP contribution < -0.4 is 0 Å². The summed E-state index contributed by atoms with van der Waals surface area (Å²) in [6.45, 7) is -1.11. The van der Waals surface area contributed by atoms with Crippen molar-refractivity contribution in [3.63, 3.8) is 0 Å². The number of carbonyl (C=O) groups excluding carboxylic acids is 1. The van der Waals surface area contributed by atoms with E-state index in [1.165, 1.54) is 13.5 Å². The van der Waals surface area contributed by atoms with Crippen molar-refractivity contribution in [2.24, 2.45) is 0 Å². The van der Waals surface area contributed by atoms with Gasteiger partial charge in [0.2, 0.25) is 5.91 Å². The molecule has 0 bridgehead atoms. The lowest BCUT2D eigenvalue weighted by Crippen LogP contribution is -2.44. The number of carbonyl (C=O) groups is 1. The molecule has 0 aromatic rings. The Kier molecular flexibility index (Phi) is 5.44. The predicted octanol–water partition coefficient (Wildman–Crippen LogP) is 2.27.